The van der Waals surface area contributed by atoms with Crippen LogP contribution < -0.4 is 5.73 Å². The van der Waals surface area contributed by atoms with E-state index in [1.807, 2.05) is 18.2 Å². The summed E-state index contributed by atoms with van der Waals surface area (Å²) in [6, 6.07) is 12.5. The monoisotopic (exact) mass is 309 g/mol. The first-order chi connectivity index (χ1) is 8.18. The highest BCUT2D eigenvalue weighted by molar-refractivity contribution is 9.10. The molecule has 2 atom stereocenters. The van der Waals surface area contributed by atoms with Gasteiger partial charge in [0.1, 0.15) is 0 Å². The SMILES string of the molecule is CC(Cc1sccc1Br)C(N)c1ccccc1. The molecular formula is C14H16BrNS. The van der Waals surface area contributed by atoms with E-state index >= 15 is 0 Å². The third kappa shape index (κ3) is 3.18. The summed E-state index contributed by atoms with van der Waals surface area (Å²) in [6.45, 7) is 2.21. The van der Waals surface area contributed by atoms with Crippen LogP contribution in [0.15, 0.2) is 46.3 Å². The summed E-state index contributed by atoms with van der Waals surface area (Å²) in [7, 11) is 0. The second-order valence-corrected chi connectivity index (χ2v) is 6.16. The minimum atomic E-state index is 0.102. The van der Waals surface area contributed by atoms with Gasteiger partial charge in [0.15, 0.2) is 0 Å². The average molecular weight is 310 g/mol. The lowest BCUT2D eigenvalue weighted by atomic mass is 9.92. The Morgan fingerprint density at radius 2 is 1.94 bits per heavy atom. The number of halogens is 1. The van der Waals surface area contributed by atoms with Gasteiger partial charge in [-0.3, -0.25) is 0 Å². The molecule has 1 nitrogen and oxygen atoms in total. The molecule has 0 saturated carbocycles. The van der Waals surface area contributed by atoms with Crippen molar-refractivity contribution in [2.45, 2.75) is 19.4 Å². The van der Waals surface area contributed by atoms with Gasteiger partial charge in [-0.05, 0) is 45.3 Å². The molecule has 3 heteroatoms. The van der Waals surface area contributed by atoms with E-state index in [0.29, 0.717) is 5.92 Å². The van der Waals surface area contributed by atoms with Crippen molar-refractivity contribution in [2.75, 3.05) is 0 Å². The first kappa shape index (κ1) is 12.8. The maximum absolute atomic E-state index is 6.29. The number of rotatable bonds is 4. The molecule has 0 aliphatic heterocycles. The van der Waals surface area contributed by atoms with Gasteiger partial charge in [0.05, 0.1) is 0 Å². The van der Waals surface area contributed by atoms with Crippen LogP contribution in [-0.2, 0) is 6.42 Å². The Labute approximate surface area is 115 Å². The zero-order valence-electron chi connectivity index (χ0n) is 9.77. The van der Waals surface area contributed by atoms with Crippen molar-refractivity contribution in [3.8, 4) is 0 Å². The van der Waals surface area contributed by atoms with Crippen LogP contribution in [0.2, 0.25) is 0 Å². The van der Waals surface area contributed by atoms with Crippen LogP contribution in [0.25, 0.3) is 0 Å². The van der Waals surface area contributed by atoms with Gasteiger partial charge in [-0.1, -0.05) is 37.3 Å². The van der Waals surface area contributed by atoms with Gasteiger partial charge in [-0.25, -0.2) is 0 Å². The topological polar surface area (TPSA) is 26.0 Å². The zero-order chi connectivity index (χ0) is 12.3. The number of benzene rings is 1. The van der Waals surface area contributed by atoms with Gasteiger partial charge < -0.3 is 5.73 Å². The summed E-state index contributed by atoms with van der Waals surface area (Å²) in [5.41, 5.74) is 7.51. The van der Waals surface area contributed by atoms with Crippen LogP contribution in [0.3, 0.4) is 0 Å². The number of hydrogen-bond donors (Lipinski definition) is 1. The van der Waals surface area contributed by atoms with Crippen molar-refractivity contribution in [1.82, 2.24) is 0 Å². The molecule has 0 aliphatic rings. The first-order valence-electron chi connectivity index (χ1n) is 5.71. The molecule has 0 spiro atoms. The summed E-state index contributed by atoms with van der Waals surface area (Å²) < 4.78 is 1.20. The molecule has 90 valence electrons. The predicted octanol–water partition coefficient (Wildman–Crippen LogP) is 4.39. The number of nitrogens with two attached hydrogens (primary N) is 1. The Morgan fingerprint density at radius 1 is 1.24 bits per heavy atom. The quantitative estimate of drug-likeness (QED) is 0.890. The summed E-state index contributed by atoms with van der Waals surface area (Å²) in [5.74, 6) is 0.437. The zero-order valence-corrected chi connectivity index (χ0v) is 12.2. The molecule has 0 amide bonds. The van der Waals surface area contributed by atoms with Crippen LogP contribution >= 0.6 is 27.3 Å². The van der Waals surface area contributed by atoms with E-state index in [-0.39, 0.29) is 6.04 Å². The molecule has 2 N–H and O–H groups in total. The normalized spacial score (nSPS) is 14.5. The lowest BCUT2D eigenvalue weighted by Crippen LogP contribution is -2.20. The Bertz CT molecular complexity index is 466. The van der Waals surface area contributed by atoms with E-state index in [2.05, 4.69) is 46.4 Å². The first-order valence-corrected chi connectivity index (χ1v) is 7.38. The maximum Gasteiger partial charge on any atom is 0.0324 e. The van der Waals surface area contributed by atoms with Crippen molar-refractivity contribution in [3.63, 3.8) is 0 Å². The largest absolute Gasteiger partial charge is 0.324 e. The van der Waals surface area contributed by atoms with Crippen molar-refractivity contribution in [2.24, 2.45) is 11.7 Å². The molecule has 0 saturated heterocycles. The van der Waals surface area contributed by atoms with E-state index in [0.717, 1.165) is 6.42 Å². The van der Waals surface area contributed by atoms with Crippen LogP contribution in [0.4, 0.5) is 0 Å². The maximum atomic E-state index is 6.29. The molecule has 0 aliphatic carbocycles. The lowest BCUT2D eigenvalue weighted by molar-refractivity contribution is 0.470. The van der Waals surface area contributed by atoms with Crippen molar-refractivity contribution < 1.29 is 0 Å². The van der Waals surface area contributed by atoms with Gasteiger partial charge in [-0.2, -0.15) is 0 Å². The molecule has 17 heavy (non-hydrogen) atoms. The van der Waals surface area contributed by atoms with E-state index in [1.54, 1.807) is 11.3 Å². The molecule has 2 aromatic rings. The second kappa shape index (κ2) is 5.80. The van der Waals surface area contributed by atoms with Gasteiger partial charge in [-0.15, -0.1) is 11.3 Å². The smallest absolute Gasteiger partial charge is 0.0324 e. The Kier molecular flexibility index (Phi) is 4.37. The summed E-state index contributed by atoms with van der Waals surface area (Å²) >= 11 is 5.36. The second-order valence-electron chi connectivity index (χ2n) is 4.31. The molecule has 0 bridgehead atoms. The van der Waals surface area contributed by atoms with E-state index in [9.17, 15) is 0 Å². The Balaban J connectivity index is 2.06. The highest BCUT2D eigenvalue weighted by Crippen LogP contribution is 2.29. The molecular weight excluding hydrogens is 294 g/mol. The van der Waals surface area contributed by atoms with Crippen LogP contribution in [0, 0.1) is 5.92 Å². The van der Waals surface area contributed by atoms with Crippen molar-refractivity contribution in [1.29, 1.82) is 0 Å². The minimum absolute atomic E-state index is 0.102. The van der Waals surface area contributed by atoms with Crippen LogP contribution in [0.1, 0.15) is 23.4 Å². The predicted molar refractivity (Wildman–Crippen MR) is 78.3 cm³/mol. The molecule has 2 rings (SSSR count). The standard InChI is InChI=1S/C14H16BrNS/c1-10(9-13-12(15)7-8-17-13)14(16)11-5-3-2-4-6-11/h2-8,10,14H,9,16H2,1H3. The summed E-state index contributed by atoms with van der Waals surface area (Å²) in [4.78, 5) is 1.38. The molecule has 2 unspecified atom stereocenters. The fourth-order valence-corrected chi connectivity index (χ4v) is 3.55. The summed E-state index contributed by atoms with van der Waals surface area (Å²) in [5, 5.41) is 2.11. The molecule has 1 aromatic carbocycles. The molecule has 1 aromatic heterocycles. The third-order valence-corrected chi connectivity index (χ3v) is 4.94. The molecule has 1 heterocycles. The van der Waals surface area contributed by atoms with Gasteiger partial charge in [0, 0.05) is 15.4 Å². The van der Waals surface area contributed by atoms with Gasteiger partial charge >= 0.3 is 0 Å². The van der Waals surface area contributed by atoms with Gasteiger partial charge in [0.25, 0.3) is 0 Å². The minimum Gasteiger partial charge on any atom is -0.324 e. The molecule has 0 radical (unpaired) electrons. The number of hydrogen-bond acceptors (Lipinski definition) is 2. The number of thiophene rings is 1. The highest BCUT2D eigenvalue weighted by Gasteiger charge is 2.16. The van der Waals surface area contributed by atoms with Crippen LogP contribution in [0.5, 0.6) is 0 Å². The third-order valence-electron chi connectivity index (χ3n) is 3.00. The van der Waals surface area contributed by atoms with Gasteiger partial charge in [0.2, 0.25) is 0 Å². The Hall–Kier alpha value is -0.640. The fraction of sp³-hybridized carbons (Fsp3) is 0.286. The Morgan fingerprint density at radius 3 is 2.53 bits per heavy atom. The van der Waals surface area contributed by atoms with Crippen molar-refractivity contribution in [3.05, 3.63) is 56.7 Å². The van der Waals surface area contributed by atoms with E-state index < -0.39 is 0 Å². The van der Waals surface area contributed by atoms with E-state index in [1.165, 1.54) is 14.9 Å². The average Bonchev–Trinajstić information content (AvgIpc) is 2.75. The van der Waals surface area contributed by atoms with Crippen molar-refractivity contribution >= 4 is 27.3 Å². The fourth-order valence-electron chi connectivity index (χ4n) is 1.89. The van der Waals surface area contributed by atoms with E-state index in [4.69, 9.17) is 5.73 Å². The molecule has 0 fully saturated rings. The highest BCUT2D eigenvalue weighted by atomic mass is 79.9. The van der Waals surface area contributed by atoms with Crippen LogP contribution in [-0.4, -0.2) is 0 Å². The summed E-state index contributed by atoms with van der Waals surface area (Å²) in [6.07, 6.45) is 1.02. The lowest BCUT2D eigenvalue weighted by Gasteiger charge is -2.20.